The molecule has 106 valence electrons. The first-order chi connectivity index (χ1) is 8.81. The molecule has 1 fully saturated rings. The van der Waals surface area contributed by atoms with Crippen molar-refractivity contribution in [1.82, 2.24) is 10.2 Å². The molecular weight excluding hydrogens is 262 g/mol. The number of hydrogen-bond donors (Lipinski definition) is 1. The third kappa shape index (κ3) is 4.40. The van der Waals surface area contributed by atoms with Crippen LogP contribution in [0.25, 0.3) is 0 Å². The van der Waals surface area contributed by atoms with Gasteiger partial charge in [0, 0.05) is 31.9 Å². The molecule has 5 heteroatoms. The maximum atomic E-state index is 11.8. The standard InChI is InChI=1S/C14H21N3O.ClH/c1-15-12-14(18)17-9-5-8-16(10-11-17)13-6-3-2-4-7-13;/h2-4,6-7,15H,5,8-12H2,1H3;1H. The number of carbonyl (C=O) groups is 1. The number of nitrogens with zero attached hydrogens (tertiary/aromatic N) is 2. The largest absolute Gasteiger partial charge is 0.370 e. The van der Waals surface area contributed by atoms with E-state index in [-0.39, 0.29) is 18.3 Å². The van der Waals surface area contributed by atoms with Crippen LogP contribution in [0.5, 0.6) is 0 Å². The lowest BCUT2D eigenvalue weighted by molar-refractivity contribution is -0.129. The fraction of sp³-hybridized carbons (Fsp3) is 0.500. The van der Waals surface area contributed by atoms with E-state index in [2.05, 4.69) is 34.5 Å². The quantitative estimate of drug-likeness (QED) is 0.910. The summed E-state index contributed by atoms with van der Waals surface area (Å²) in [5.41, 5.74) is 1.25. The molecule has 0 unspecified atom stereocenters. The van der Waals surface area contributed by atoms with Gasteiger partial charge >= 0.3 is 0 Å². The SMILES string of the molecule is CNCC(=O)N1CCCN(c2ccccc2)CC1.Cl. The highest BCUT2D eigenvalue weighted by Crippen LogP contribution is 2.15. The Hall–Kier alpha value is -1.26. The molecule has 0 aromatic heterocycles. The van der Waals surface area contributed by atoms with Crippen LogP contribution in [0.1, 0.15) is 6.42 Å². The number of para-hydroxylation sites is 1. The number of benzene rings is 1. The molecule has 4 nitrogen and oxygen atoms in total. The minimum atomic E-state index is 0. The molecule has 0 saturated carbocycles. The van der Waals surface area contributed by atoms with E-state index < -0.39 is 0 Å². The second kappa shape index (κ2) is 8.02. The second-order valence-electron chi connectivity index (χ2n) is 4.59. The topological polar surface area (TPSA) is 35.6 Å². The molecular formula is C14H22ClN3O. The molecule has 1 aliphatic rings. The number of hydrogen-bond acceptors (Lipinski definition) is 3. The Morgan fingerprint density at radius 1 is 1.16 bits per heavy atom. The van der Waals surface area contributed by atoms with Gasteiger partial charge in [-0.25, -0.2) is 0 Å². The minimum absolute atomic E-state index is 0. The molecule has 2 rings (SSSR count). The zero-order valence-corrected chi connectivity index (χ0v) is 12.2. The summed E-state index contributed by atoms with van der Waals surface area (Å²) < 4.78 is 0. The van der Waals surface area contributed by atoms with Crippen molar-refractivity contribution in [3.63, 3.8) is 0 Å². The van der Waals surface area contributed by atoms with E-state index in [4.69, 9.17) is 0 Å². The van der Waals surface area contributed by atoms with E-state index in [1.54, 1.807) is 0 Å². The number of nitrogens with one attached hydrogen (secondary N) is 1. The van der Waals surface area contributed by atoms with Gasteiger partial charge in [-0.2, -0.15) is 0 Å². The average molecular weight is 284 g/mol. The summed E-state index contributed by atoms with van der Waals surface area (Å²) in [6.45, 7) is 4.05. The van der Waals surface area contributed by atoms with E-state index in [0.717, 1.165) is 32.6 Å². The van der Waals surface area contributed by atoms with E-state index in [9.17, 15) is 4.79 Å². The molecule has 0 atom stereocenters. The van der Waals surface area contributed by atoms with Crippen molar-refractivity contribution in [1.29, 1.82) is 0 Å². The summed E-state index contributed by atoms with van der Waals surface area (Å²) in [6, 6.07) is 10.4. The first-order valence-corrected chi connectivity index (χ1v) is 6.53. The van der Waals surface area contributed by atoms with Gasteiger partial charge in [0.25, 0.3) is 0 Å². The van der Waals surface area contributed by atoms with Crippen LogP contribution in [0.3, 0.4) is 0 Å². The van der Waals surface area contributed by atoms with Crippen molar-refractivity contribution in [2.75, 3.05) is 44.7 Å². The van der Waals surface area contributed by atoms with Crippen LogP contribution in [0.4, 0.5) is 5.69 Å². The van der Waals surface area contributed by atoms with Crippen molar-refractivity contribution in [3.05, 3.63) is 30.3 Å². The number of carbonyl (C=O) groups excluding carboxylic acids is 1. The van der Waals surface area contributed by atoms with Crippen molar-refractivity contribution >= 4 is 24.0 Å². The molecule has 19 heavy (non-hydrogen) atoms. The lowest BCUT2D eigenvalue weighted by atomic mass is 10.3. The van der Waals surface area contributed by atoms with E-state index >= 15 is 0 Å². The van der Waals surface area contributed by atoms with Crippen LogP contribution < -0.4 is 10.2 Å². The van der Waals surface area contributed by atoms with Crippen LogP contribution in [0.15, 0.2) is 30.3 Å². The van der Waals surface area contributed by atoms with Gasteiger partial charge in [0.05, 0.1) is 6.54 Å². The number of likely N-dealkylation sites (N-methyl/N-ethyl adjacent to an activating group) is 1. The average Bonchev–Trinajstić information content (AvgIpc) is 2.66. The van der Waals surface area contributed by atoms with Gasteiger partial charge < -0.3 is 15.1 Å². The predicted molar refractivity (Wildman–Crippen MR) is 81.0 cm³/mol. The molecule has 1 aliphatic heterocycles. The molecule has 1 aromatic rings. The summed E-state index contributed by atoms with van der Waals surface area (Å²) in [5, 5.41) is 2.92. The summed E-state index contributed by atoms with van der Waals surface area (Å²) >= 11 is 0. The van der Waals surface area contributed by atoms with Crippen LogP contribution in [0, 0.1) is 0 Å². The van der Waals surface area contributed by atoms with Crippen LogP contribution in [-0.4, -0.2) is 50.6 Å². The highest BCUT2D eigenvalue weighted by Gasteiger charge is 2.18. The number of amides is 1. The first kappa shape index (κ1) is 15.8. The Labute approximate surface area is 121 Å². The Bertz CT molecular complexity index is 386. The highest BCUT2D eigenvalue weighted by molar-refractivity contribution is 5.85. The van der Waals surface area contributed by atoms with Crippen LogP contribution in [0.2, 0.25) is 0 Å². The Balaban J connectivity index is 0.00000180. The lowest BCUT2D eigenvalue weighted by Crippen LogP contribution is -2.39. The summed E-state index contributed by atoms with van der Waals surface area (Å²) in [7, 11) is 1.81. The van der Waals surface area contributed by atoms with Crippen LogP contribution >= 0.6 is 12.4 Å². The molecule has 1 aromatic carbocycles. The zero-order chi connectivity index (χ0) is 12.8. The third-order valence-electron chi connectivity index (χ3n) is 3.30. The van der Waals surface area contributed by atoms with E-state index in [0.29, 0.717) is 6.54 Å². The smallest absolute Gasteiger partial charge is 0.236 e. The van der Waals surface area contributed by atoms with Gasteiger partial charge in [-0.1, -0.05) is 18.2 Å². The normalized spacial score (nSPS) is 15.6. The Kier molecular flexibility index (Phi) is 6.67. The third-order valence-corrected chi connectivity index (χ3v) is 3.30. The van der Waals surface area contributed by atoms with Crippen molar-refractivity contribution in [2.24, 2.45) is 0 Å². The summed E-state index contributed by atoms with van der Waals surface area (Å²) in [4.78, 5) is 16.2. The number of halogens is 1. The molecule has 1 heterocycles. The lowest BCUT2D eigenvalue weighted by Gasteiger charge is -2.23. The Morgan fingerprint density at radius 3 is 2.58 bits per heavy atom. The van der Waals surface area contributed by atoms with Gasteiger partial charge in [-0.15, -0.1) is 12.4 Å². The van der Waals surface area contributed by atoms with Crippen molar-refractivity contribution in [2.45, 2.75) is 6.42 Å². The number of rotatable bonds is 3. The monoisotopic (exact) mass is 283 g/mol. The summed E-state index contributed by atoms with van der Waals surface area (Å²) in [5.74, 6) is 0.201. The van der Waals surface area contributed by atoms with Crippen LogP contribution in [-0.2, 0) is 4.79 Å². The van der Waals surface area contributed by atoms with Gasteiger partial charge in [0.1, 0.15) is 0 Å². The van der Waals surface area contributed by atoms with E-state index in [1.165, 1.54) is 5.69 Å². The molecule has 0 spiro atoms. The zero-order valence-electron chi connectivity index (χ0n) is 11.3. The molecule has 0 bridgehead atoms. The molecule has 0 aliphatic carbocycles. The van der Waals surface area contributed by atoms with Gasteiger partial charge in [0.2, 0.25) is 5.91 Å². The first-order valence-electron chi connectivity index (χ1n) is 6.53. The maximum Gasteiger partial charge on any atom is 0.236 e. The van der Waals surface area contributed by atoms with Crippen molar-refractivity contribution in [3.8, 4) is 0 Å². The Morgan fingerprint density at radius 2 is 1.89 bits per heavy atom. The summed E-state index contributed by atoms with van der Waals surface area (Å²) in [6.07, 6.45) is 1.03. The van der Waals surface area contributed by atoms with E-state index in [1.807, 2.05) is 18.0 Å². The van der Waals surface area contributed by atoms with Gasteiger partial charge in [-0.3, -0.25) is 4.79 Å². The molecule has 0 radical (unpaired) electrons. The fourth-order valence-corrected chi connectivity index (χ4v) is 2.33. The maximum absolute atomic E-state index is 11.8. The molecule has 1 amide bonds. The predicted octanol–water partition coefficient (Wildman–Crippen LogP) is 1.37. The minimum Gasteiger partial charge on any atom is -0.370 e. The molecule has 1 saturated heterocycles. The van der Waals surface area contributed by atoms with Gasteiger partial charge in [-0.05, 0) is 25.6 Å². The second-order valence-corrected chi connectivity index (χ2v) is 4.59. The fourth-order valence-electron chi connectivity index (χ4n) is 2.33. The highest BCUT2D eigenvalue weighted by atomic mass is 35.5. The number of anilines is 1. The van der Waals surface area contributed by atoms with Gasteiger partial charge in [0.15, 0.2) is 0 Å². The van der Waals surface area contributed by atoms with Crippen molar-refractivity contribution < 1.29 is 4.79 Å². The molecule has 1 N–H and O–H groups in total.